The van der Waals surface area contributed by atoms with Crippen molar-refractivity contribution in [2.75, 3.05) is 19.6 Å². The lowest BCUT2D eigenvalue weighted by atomic mass is 9.74. The summed E-state index contributed by atoms with van der Waals surface area (Å²) < 4.78 is 13.4. The molecule has 140 valence electrons. The number of halogens is 1. The molecule has 2 aliphatic heterocycles. The van der Waals surface area contributed by atoms with Gasteiger partial charge in [-0.2, -0.15) is 0 Å². The average molecular weight is 358 g/mol. The Balaban J connectivity index is 1.34. The Hall–Kier alpha value is -1.91. The van der Waals surface area contributed by atoms with Gasteiger partial charge in [-0.1, -0.05) is 19.1 Å². The molecule has 0 radical (unpaired) electrons. The van der Waals surface area contributed by atoms with Gasteiger partial charge in [-0.15, -0.1) is 0 Å². The van der Waals surface area contributed by atoms with Crippen LogP contribution in [0.1, 0.15) is 44.6 Å². The van der Waals surface area contributed by atoms with E-state index in [1.54, 1.807) is 6.07 Å². The van der Waals surface area contributed by atoms with Crippen LogP contribution in [0, 0.1) is 23.1 Å². The van der Waals surface area contributed by atoms with Gasteiger partial charge in [-0.3, -0.25) is 9.59 Å². The first-order valence-corrected chi connectivity index (χ1v) is 9.75. The molecule has 2 amide bonds. The number of benzene rings is 1. The van der Waals surface area contributed by atoms with Gasteiger partial charge in [0.2, 0.25) is 11.8 Å². The molecule has 0 atom stereocenters. The van der Waals surface area contributed by atoms with Gasteiger partial charge in [0.15, 0.2) is 0 Å². The van der Waals surface area contributed by atoms with E-state index in [2.05, 4.69) is 6.92 Å². The zero-order chi connectivity index (χ0) is 18.3. The molecule has 1 saturated carbocycles. The lowest BCUT2D eigenvalue weighted by molar-refractivity contribution is -0.142. The predicted octanol–water partition coefficient (Wildman–Crippen LogP) is 3.21. The number of hydrogen-bond donors (Lipinski definition) is 0. The Labute approximate surface area is 154 Å². The minimum Gasteiger partial charge on any atom is -0.342 e. The topological polar surface area (TPSA) is 40.6 Å². The summed E-state index contributed by atoms with van der Waals surface area (Å²) in [5.41, 5.74) is 0.829. The molecular formula is C21H27FN2O2. The van der Waals surface area contributed by atoms with Crippen LogP contribution < -0.4 is 0 Å². The Bertz CT molecular complexity index is 706. The fourth-order valence-electron chi connectivity index (χ4n) is 4.88. The maximum atomic E-state index is 13.4. The summed E-state index contributed by atoms with van der Waals surface area (Å²) in [4.78, 5) is 28.9. The maximum absolute atomic E-state index is 13.4. The molecule has 4 nitrogen and oxygen atoms in total. The number of carbonyl (C=O) groups excluding carboxylic acids is 2. The summed E-state index contributed by atoms with van der Waals surface area (Å²) in [6, 6.07) is 6.47. The Morgan fingerprint density at radius 1 is 1.27 bits per heavy atom. The van der Waals surface area contributed by atoms with Crippen LogP contribution in [-0.4, -0.2) is 41.2 Å². The molecule has 5 heteroatoms. The minimum absolute atomic E-state index is 0.00586. The number of piperidine rings is 1. The van der Waals surface area contributed by atoms with Crippen molar-refractivity contribution in [2.45, 2.75) is 45.6 Å². The van der Waals surface area contributed by atoms with E-state index in [-0.39, 0.29) is 23.1 Å². The summed E-state index contributed by atoms with van der Waals surface area (Å²) in [5.74, 6) is 1.12. The van der Waals surface area contributed by atoms with Crippen LogP contribution in [-0.2, 0) is 16.1 Å². The molecule has 0 N–H and O–H groups in total. The second-order valence-electron chi connectivity index (χ2n) is 8.66. The van der Waals surface area contributed by atoms with E-state index in [4.69, 9.17) is 0 Å². The van der Waals surface area contributed by atoms with Gasteiger partial charge in [0, 0.05) is 43.9 Å². The number of amides is 2. The zero-order valence-corrected chi connectivity index (χ0v) is 15.4. The number of rotatable bonds is 3. The third kappa shape index (κ3) is 3.36. The van der Waals surface area contributed by atoms with Gasteiger partial charge < -0.3 is 9.80 Å². The van der Waals surface area contributed by atoms with Crippen LogP contribution in [0.15, 0.2) is 24.3 Å². The SMILES string of the molecule is CC1CC(C(=O)N2CCC3(CC2)CC(=O)N(Cc2cccc(F)c2)C3)C1. The van der Waals surface area contributed by atoms with Crippen LogP contribution in [0.2, 0.25) is 0 Å². The summed E-state index contributed by atoms with van der Waals surface area (Å²) in [6.45, 7) is 4.94. The highest BCUT2D eigenvalue weighted by Crippen LogP contribution is 2.43. The number of nitrogens with zero attached hydrogens (tertiary/aromatic N) is 2. The van der Waals surface area contributed by atoms with Crippen molar-refractivity contribution in [1.82, 2.24) is 9.80 Å². The highest BCUT2D eigenvalue weighted by molar-refractivity contribution is 5.81. The van der Waals surface area contributed by atoms with Crippen molar-refractivity contribution >= 4 is 11.8 Å². The van der Waals surface area contributed by atoms with E-state index in [1.165, 1.54) is 12.1 Å². The van der Waals surface area contributed by atoms with Gasteiger partial charge in [-0.05, 0) is 49.3 Å². The van der Waals surface area contributed by atoms with Crippen LogP contribution >= 0.6 is 0 Å². The molecule has 0 aromatic heterocycles. The molecule has 1 aromatic carbocycles. The highest BCUT2D eigenvalue weighted by atomic mass is 19.1. The number of carbonyl (C=O) groups is 2. The van der Waals surface area contributed by atoms with Crippen molar-refractivity contribution in [2.24, 2.45) is 17.3 Å². The third-order valence-electron chi connectivity index (χ3n) is 6.53. The van der Waals surface area contributed by atoms with E-state index in [0.717, 1.165) is 50.9 Å². The Morgan fingerprint density at radius 3 is 2.65 bits per heavy atom. The quantitative estimate of drug-likeness (QED) is 0.832. The molecule has 3 fully saturated rings. The minimum atomic E-state index is -0.263. The summed E-state index contributed by atoms with van der Waals surface area (Å²) in [5, 5.41) is 0. The summed E-state index contributed by atoms with van der Waals surface area (Å²) in [6.07, 6.45) is 4.41. The average Bonchev–Trinajstić information content (AvgIpc) is 2.87. The van der Waals surface area contributed by atoms with Crippen molar-refractivity contribution in [1.29, 1.82) is 0 Å². The highest BCUT2D eigenvalue weighted by Gasteiger charge is 2.46. The van der Waals surface area contributed by atoms with Crippen molar-refractivity contribution in [3.63, 3.8) is 0 Å². The van der Waals surface area contributed by atoms with Crippen molar-refractivity contribution in [3.05, 3.63) is 35.6 Å². The molecule has 1 aromatic rings. The van der Waals surface area contributed by atoms with Gasteiger partial charge >= 0.3 is 0 Å². The molecule has 1 aliphatic carbocycles. The molecule has 0 bridgehead atoms. The Morgan fingerprint density at radius 2 is 2.00 bits per heavy atom. The second kappa shape index (κ2) is 6.67. The molecule has 2 saturated heterocycles. The van der Waals surface area contributed by atoms with Crippen LogP contribution in [0.3, 0.4) is 0 Å². The standard InChI is InChI=1S/C21H27FN2O2/c1-15-9-17(10-15)20(26)23-7-5-21(6-8-23)12-19(25)24(14-21)13-16-3-2-4-18(22)11-16/h2-4,11,15,17H,5-10,12-14H2,1H3. The second-order valence-corrected chi connectivity index (χ2v) is 8.66. The van der Waals surface area contributed by atoms with Crippen molar-refractivity contribution in [3.8, 4) is 0 Å². The first-order valence-electron chi connectivity index (χ1n) is 9.75. The largest absolute Gasteiger partial charge is 0.342 e. The van der Waals surface area contributed by atoms with E-state index >= 15 is 0 Å². The lowest BCUT2D eigenvalue weighted by Gasteiger charge is -2.42. The summed E-state index contributed by atoms with van der Waals surface area (Å²) in [7, 11) is 0. The van der Waals surface area contributed by atoms with Crippen LogP contribution in [0.4, 0.5) is 4.39 Å². The fraction of sp³-hybridized carbons (Fsp3) is 0.619. The van der Waals surface area contributed by atoms with Crippen LogP contribution in [0.5, 0.6) is 0 Å². The summed E-state index contributed by atoms with van der Waals surface area (Å²) >= 11 is 0. The first kappa shape index (κ1) is 17.5. The van der Waals surface area contributed by atoms with Gasteiger partial charge in [0.1, 0.15) is 5.82 Å². The first-order chi connectivity index (χ1) is 12.4. The van der Waals surface area contributed by atoms with Gasteiger partial charge in [-0.25, -0.2) is 4.39 Å². The molecule has 0 unspecified atom stereocenters. The lowest BCUT2D eigenvalue weighted by Crippen LogP contribution is -2.48. The number of hydrogen-bond acceptors (Lipinski definition) is 2. The van der Waals surface area contributed by atoms with Crippen LogP contribution in [0.25, 0.3) is 0 Å². The Kier molecular flexibility index (Phi) is 4.49. The molecular weight excluding hydrogens is 331 g/mol. The molecule has 4 rings (SSSR count). The molecule has 26 heavy (non-hydrogen) atoms. The van der Waals surface area contributed by atoms with Crippen molar-refractivity contribution < 1.29 is 14.0 Å². The van der Waals surface area contributed by atoms with E-state index in [9.17, 15) is 14.0 Å². The molecule has 2 heterocycles. The smallest absolute Gasteiger partial charge is 0.225 e. The molecule has 3 aliphatic rings. The predicted molar refractivity (Wildman–Crippen MR) is 96.6 cm³/mol. The molecule has 1 spiro atoms. The van der Waals surface area contributed by atoms with Gasteiger partial charge in [0.25, 0.3) is 0 Å². The zero-order valence-electron chi connectivity index (χ0n) is 15.4. The normalized spacial score (nSPS) is 27.7. The van der Waals surface area contributed by atoms with E-state index < -0.39 is 0 Å². The van der Waals surface area contributed by atoms with E-state index in [1.807, 2.05) is 15.9 Å². The third-order valence-corrected chi connectivity index (χ3v) is 6.53. The van der Waals surface area contributed by atoms with Gasteiger partial charge in [0.05, 0.1) is 0 Å². The number of likely N-dealkylation sites (tertiary alicyclic amines) is 2. The fourth-order valence-corrected chi connectivity index (χ4v) is 4.88. The monoisotopic (exact) mass is 358 g/mol. The maximum Gasteiger partial charge on any atom is 0.225 e. The van der Waals surface area contributed by atoms with E-state index in [0.29, 0.717) is 24.8 Å².